The summed E-state index contributed by atoms with van der Waals surface area (Å²) in [6, 6.07) is 13.5. The van der Waals surface area contributed by atoms with Crippen LogP contribution < -0.4 is 0 Å². The topological polar surface area (TPSA) is 67.3 Å². The molecule has 2 aromatic rings. The van der Waals surface area contributed by atoms with Crippen LogP contribution in [-0.4, -0.2) is 42.5 Å². The van der Waals surface area contributed by atoms with Crippen molar-refractivity contribution in [2.45, 2.75) is 16.6 Å². The SMILES string of the molecule is O=C(c1ccccn1)N1CC[C@@H](S(=O)(=O)c2ccccc2)C1. The number of nitrogens with zero attached hydrogens (tertiary/aromatic N) is 2. The van der Waals surface area contributed by atoms with Crippen molar-refractivity contribution >= 4 is 15.7 Å². The summed E-state index contributed by atoms with van der Waals surface area (Å²) in [5, 5.41) is -0.553. The van der Waals surface area contributed by atoms with Gasteiger partial charge in [0.15, 0.2) is 9.84 Å². The first-order chi connectivity index (χ1) is 10.6. The molecule has 22 heavy (non-hydrogen) atoms. The fourth-order valence-electron chi connectivity index (χ4n) is 2.62. The molecule has 6 heteroatoms. The zero-order chi connectivity index (χ0) is 15.6. The molecule has 0 N–H and O–H groups in total. The van der Waals surface area contributed by atoms with Crippen molar-refractivity contribution in [2.75, 3.05) is 13.1 Å². The molecule has 1 aromatic heterocycles. The highest BCUT2D eigenvalue weighted by Gasteiger charge is 2.36. The molecule has 3 rings (SSSR count). The van der Waals surface area contributed by atoms with Gasteiger partial charge in [-0.25, -0.2) is 8.42 Å². The van der Waals surface area contributed by atoms with Gasteiger partial charge >= 0.3 is 0 Å². The Kier molecular flexibility index (Phi) is 3.94. The maximum absolute atomic E-state index is 12.6. The summed E-state index contributed by atoms with van der Waals surface area (Å²) in [6.07, 6.45) is 2.01. The monoisotopic (exact) mass is 316 g/mol. The van der Waals surface area contributed by atoms with Crippen LogP contribution in [0.4, 0.5) is 0 Å². The molecule has 2 heterocycles. The van der Waals surface area contributed by atoms with E-state index in [4.69, 9.17) is 0 Å². The Labute approximate surface area is 129 Å². The van der Waals surface area contributed by atoms with Crippen LogP contribution in [0.2, 0.25) is 0 Å². The number of aromatic nitrogens is 1. The van der Waals surface area contributed by atoms with Gasteiger partial charge in [0.25, 0.3) is 5.91 Å². The Bertz CT molecular complexity index is 760. The van der Waals surface area contributed by atoms with Gasteiger partial charge in [0.2, 0.25) is 0 Å². The molecule has 1 amide bonds. The maximum Gasteiger partial charge on any atom is 0.272 e. The second-order valence-corrected chi connectivity index (χ2v) is 7.46. The van der Waals surface area contributed by atoms with Gasteiger partial charge in [-0.05, 0) is 30.7 Å². The van der Waals surface area contributed by atoms with E-state index in [-0.39, 0.29) is 12.5 Å². The van der Waals surface area contributed by atoms with Crippen molar-refractivity contribution in [1.29, 1.82) is 0 Å². The number of hydrogen-bond acceptors (Lipinski definition) is 4. The number of carbonyl (C=O) groups excluding carboxylic acids is 1. The Morgan fingerprint density at radius 2 is 1.82 bits per heavy atom. The van der Waals surface area contributed by atoms with E-state index in [1.54, 1.807) is 59.6 Å². The van der Waals surface area contributed by atoms with Gasteiger partial charge in [0, 0.05) is 19.3 Å². The summed E-state index contributed by atoms with van der Waals surface area (Å²) >= 11 is 0. The quantitative estimate of drug-likeness (QED) is 0.865. The van der Waals surface area contributed by atoms with Crippen LogP contribution in [0.1, 0.15) is 16.9 Å². The van der Waals surface area contributed by atoms with Gasteiger partial charge in [0.1, 0.15) is 5.69 Å². The lowest BCUT2D eigenvalue weighted by Crippen LogP contribution is -2.32. The van der Waals surface area contributed by atoms with Crippen molar-refractivity contribution in [3.05, 3.63) is 60.4 Å². The second-order valence-electron chi connectivity index (χ2n) is 5.23. The summed E-state index contributed by atoms with van der Waals surface area (Å²) in [6.45, 7) is 0.652. The van der Waals surface area contributed by atoms with Crippen molar-refractivity contribution in [3.63, 3.8) is 0 Å². The van der Waals surface area contributed by atoms with E-state index in [0.29, 0.717) is 23.6 Å². The Morgan fingerprint density at radius 1 is 1.09 bits per heavy atom. The molecular formula is C16H16N2O3S. The van der Waals surface area contributed by atoms with Gasteiger partial charge in [-0.2, -0.15) is 0 Å². The van der Waals surface area contributed by atoms with Crippen LogP contribution >= 0.6 is 0 Å². The van der Waals surface area contributed by atoms with E-state index < -0.39 is 15.1 Å². The van der Waals surface area contributed by atoms with E-state index in [1.165, 1.54) is 0 Å². The van der Waals surface area contributed by atoms with Gasteiger partial charge in [-0.15, -0.1) is 0 Å². The highest BCUT2D eigenvalue weighted by atomic mass is 32.2. The minimum absolute atomic E-state index is 0.215. The zero-order valence-electron chi connectivity index (χ0n) is 11.9. The van der Waals surface area contributed by atoms with Gasteiger partial charge in [-0.1, -0.05) is 24.3 Å². The van der Waals surface area contributed by atoms with E-state index in [0.717, 1.165) is 0 Å². The number of hydrogen-bond donors (Lipinski definition) is 0. The number of amides is 1. The predicted molar refractivity (Wildman–Crippen MR) is 82.2 cm³/mol. The highest BCUT2D eigenvalue weighted by Crippen LogP contribution is 2.24. The van der Waals surface area contributed by atoms with Crippen LogP contribution in [0.25, 0.3) is 0 Å². The number of sulfone groups is 1. The molecule has 0 radical (unpaired) electrons. The molecular weight excluding hydrogens is 300 g/mol. The molecule has 1 aliphatic heterocycles. The molecule has 114 valence electrons. The molecule has 1 atom stereocenters. The molecule has 0 bridgehead atoms. The van der Waals surface area contributed by atoms with Crippen molar-refractivity contribution in [3.8, 4) is 0 Å². The molecule has 0 saturated carbocycles. The summed E-state index contributed by atoms with van der Waals surface area (Å²) < 4.78 is 25.2. The predicted octanol–water partition coefficient (Wildman–Crippen LogP) is 1.77. The smallest absolute Gasteiger partial charge is 0.272 e. The second kappa shape index (κ2) is 5.88. The van der Waals surface area contributed by atoms with Crippen molar-refractivity contribution < 1.29 is 13.2 Å². The average molecular weight is 316 g/mol. The number of likely N-dealkylation sites (tertiary alicyclic amines) is 1. The van der Waals surface area contributed by atoms with Crippen molar-refractivity contribution in [2.24, 2.45) is 0 Å². The third-order valence-corrected chi connectivity index (χ3v) is 6.02. The minimum atomic E-state index is -3.40. The fourth-order valence-corrected chi connectivity index (χ4v) is 4.33. The third kappa shape index (κ3) is 2.74. The largest absolute Gasteiger partial charge is 0.336 e. The molecule has 5 nitrogen and oxygen atoms in total. The molecule has 0 unspecified atom stereocenters. The summed E-state index contributed by atoms with van der Waals surface area (Å²) in [5.74, 6) is -0.216. The molecule has 0 spiro atoms. The normalized spacial score (nSPS) is 18.4. The van der Waals surface area contributed by atoms with E-state index >= 15 is 0 Å². The molecule has 1 aliphatic rings. The Balaban J connectivity index is 1.77. The average Bonchev–Trinajstić information content (AvgIpc) is 3.06. The van der Waals surface area contributed by atoms with Crippen molar-refractivity contribution in [1.82, 2.24) is 9.88 Å². The van der Waals surface area contributed by atoms with Crippen LogP contribution in [0, 0.1) is 0 Å². The number of pyridine rings is 1. The van der Waals surface area contributed by atoms with E-state index in [2.05, 4.69) is 4.98 Å². The zero-order valence-corrected chi connectivity index (χ0v) is 12.7. The molecule has 1 fully saturated rings. The lowest BCUT2D eigenvalue weighted by atomic mass is 10.3. The minimum Gasteiger partial charge on any atom is -0.336 e. The highest BCUT2D eigenvalue weighted by molar-refractivity contribution is 7.92. The van der Waals surface area contributed by atoms with Gasteiger partial charge < -0.3 is 4.90 Å². The van der Waals surface area contributed by atoms with Gasteiger partial charge in [-0.3, -0.25) is 9.78 Å². The summed E-state index contributed by atoms with van der Waals surface area (Å²) in [5.41, 5.74) is 0.347. The molecule has 1 saturated heterocycles. The standard InChI is InChI=1S/C16H16N2O3S/c19-16(15-8-4-5-10-17-15)18-11-9-14(12-18)22(20,21)13-6-2-1-3-7-13/h1-8,10,14H,9,11-12H2/t14-/m1/s1. The number of rotatable bonds is 3. The Hall–Kier alpha value is -2.21. The first-order valence-electron chi connectivity index (χ1n) is 7.08. The van der Waals surface area contributed by atoms with E-state index in [1.807, 2.05) is 0 Å². The maximum atomic E-state index is 12.6. The van der Waals surface area contributed by atoms with E-state index in [9.17, 15) is 13.2 Å². The number of carbonyl (C=O) groups is 1. The third-order valence-electron chi connectivity index (χ3n) is 3.83. The fraction of sp³-hybridized carbons (Fsp3) is 0.250. The summed E-state index contributed by atoms with van der Waals surface area (Å²) in [4.78, 5) is 18.2. The molecule has 0 aliphatic carbocycles. The van der Waals surface area contributed by atoms with Crippen LogP contribution in [0.5, 0.6) is 0 Å². The first kappa shape index (κ1) is 14.7. The number of benzene rings is 1. The van der Waals surface area contributed by atoms with Crippen LogP contribution in [-0.2, 0) is 9.84 Å². The van der Waals surface area contributed by atoms with Crippen LogP contribution in [0.15, 0.2) is 59.6 Å². The first-order valence-corrected chi connectivity index (χ1v) is 8.63. The lowest BCUT2D eigenvalue weighted by Gasteiger charge is -2.16. The molecule has 1 aromatic carbocycles. The Morgan fingerprint density at radius 3 is 2.50 bits per heavy atom. The van der Waals surface area contributed by atoms with Crippen LogP contribution in [0.3, 0.4) is 0 Å². The lowest BCUT2D eigenvalue weighted by molar-refractivity contribution is 0.0787. The van der Waals surface area contributed by atoms with Gasteiger partial charge in [0.05, 0.1) is 10.1 Å². The summed E-state index contributed by atoms with van der Waals surface area (Å²) in [7, 11) is -3.40.